The highest BCUT2D eigenvalue weighted by Crippen LogP contribution is 2.39. The molecule has 21 heavy (non-hydrogen) atoms. The van der Waals surface area contributed by atoms with Crippen LogP contribution in [0.4, 0.5) is 0 Å². The van der Waals surface area contributed by atoms with E-state index in [2.05, 4.69) is 4.98 Å². The molecule has 2 aromatic rings. The van der Waals surface area contributed by atoms with Gasteiger partial charge < -0.3 is 14.6 Å². The van der Waals surface area contributed by atoms with Crippen molar-refractivity contribution < 1.29 is 14.6 Å². The molecule has 0 aliphatic carbocycles. The summed E-state index contributed by atoms with van der Waals surface area (Å²) in [5.74, 6) is 0. The van der Waals surface area contributed by atoms with Gasteiger partial charge in [0.05, 0.1) is 24.8 Å². The number of aromatic nitrogens is 1. The Morgan fingerprint density at radius 3 is 2.81 bits per heavy atom. The second kappa shape index (κ2) is 6.77. The highest BCUT2D eigenvalue weighted by molar-refractivity contribution is 7.99. The molecular weight excluding hydrogens is 310 g/mol. The molecule has 6 heteroatoms. The Hall–Kier alpha value is -1.11. The molecule has 1 fully saturated rings. The van der Waals surface area contributed by atoms with Gasteiger partial charge in [-0.05, 0) is 23.8 Å². The first kappa shape index (κ1) is 14.8. The van der Waals surface area contributed by atoms with E-state index in [9.17, 15) is 5.11 Å². The van der Waals surface area contributed by atoms with Gasteiger partial charge in [-0.1, -0.05) is 35.5 Å². The predicted octanol–water partition coefficient (Wildman–Crippen LogP) is 3.42. The number of rotatable bonds is 4. The van der Waals surface area contributed by atoms with Gasteiger partial charge in [-0.3, -0.25) is 0 Å². The van der Waals surface area contributed by atoms with Crippen LogP contribution in [0.15, 0.2) is 46.5 Å². The fourth-order valence-corrected chi connectivity index (χ4v) is 3.42. The van der Waals surface area contributed by atoms with Gasteiger partial charge in [-0.2, -0.15) is 0 Å². The summed E-state index contributed by atoms with van der Waals surface area (Å²) in [6, 6.07) is 9.25. The summed E-state index contributed by atoms with van der Waals surface area (Å²) in [6.45, 7) is 1.09. The average molecular weight is 324 g/mol. The molecule has 0 spiro atoms. The van der Waals surface area contributed by atoms with Crippen LogP contribution >= 0.6 is 23.4 Å². The van der Waals surface area contributed by atoms with Crippen molar-refractivity contribution in [2.24, 2.45) is 0 Å². The lowest BCUT2D eigenvalue weighted by molar-refractivity contribution is -0.0464. The third kappa shape index (κ3) is 3.22. The minimum Gasteiger partial charge on any atom is -0.392 e. The molecule has 1 saturated heterocycles. The molecule has 110 valence electrons. The number of aliphatic hydroxyl groups is 1. The SMILES string of the molecule is OCc1cccc(Cl)c1Sc1ncccc1C1OCCO1. The molecule has 1 aromatic carbocycles. The number of aliphatic hydroxyl groups excluding tert-OH is 1. The highest BCUT2D eigenvalue weighted by Gasteiger charge is 2.23. The number of ether oxygens (including phenoxy) is 2. The van der Waals surface area contributed by atoms with Crippen LogP contribution in [0.25, 0.3) is 0 Å². The van der Waals surface area contributed by atoms with Crippen molar-refractivity contribution in [2.45, 2.75) is 22.8 Å². The maximum atomic E-state index is 9.46. The Morgan fingerprint density at radius 1 is 1.24 bits per heavy atom. The van der Waals surface area contributed by atoms with Crippen molar-refractivity contribution in [1.82, 2.24) is 4.98 Å². The molecule has 0 saturated carbocycles. The van der Waals surface area contributed by atoms with Crippen molar-refractivity contribution in [3.05, 3.63) is 52.7 Å². The zero-order chi connectivity index (χ0) is 14.7. The fourth-order valence-electron chi connectivity index (χ4n) is 2.09. The summed E-state index contributed by atoms with van der Waals surface area (Å²) in [6.07, 6.45) is 1.33. The smallest absolute Gasteiger partial charge is 0.186 e. The van der Waals surface area contributed by atoms with E-state index in [1.165, 1.54) is 11.8 Å². The van der Waals surface area contributed by atoms with E-state index in [4.69, 9.17) is 21.1 Å². The Morgan fingerprint density at radius 2 is 2.05 bits per heavy atom. The van der Waals surface area contributed by atoms with Crippen LogP contribution in [-0.4, -0.2) is 23.3 Å². The van der Waals surface area contributed by atoms with Crippen molar-refractivity contribution >= 4 is 23.4 Å². The monoisotopic (exact) mass is 323 g/mol. The predicted molar refractivity (Wildman–Crippen MR) is 80.4 cm³/mol. The van der Waals surface area contributed by atoms with Gasteiger partial charge in [0.25, 0.3) is 0 Å². The van der Waals surface area contributed by atoms with Gasteiger partial charge in [-0.15, -0.1) is 0 Å². The zero-order valence-corrected chi connectivity index (χ0v) is 12.7. The second-order valence-electron chi connectivity index (χ2n) is 4.46. The van der Waals surface area contributed by atoms with Crippen molar-refractivity contribution in [2.75, 3.05) is 13.2 Å². The van der Waals surface area contributed by atoms with Gasteiger partial charge in [0.2, 0.25) is 0 Å². The number of hydrogen-bond donors (Lipinski definition) is 1. The molecule has 2 heterocycles. The van der Waals surface area contributed by atoms with Crippen molar-refractivity contribution in [1.29, 1.82) is 0 Å². The van der Waals surface area contributed by atoms with Crippen LogP contribution in [0, 0.1) is 0 Å². The number of hydrogen-bond acceptors (Lipinski definition) is 5. The summed E-state index contributed by atoms with van der Waals surface area (Å²) < 4.78 is 11.1. The Bertz CT molecular complexity index is 632. The lowest BCUT2D eigenvalue weighted by Crippen LogP contribution is -2.01. The van der Waals surface area contributed by atoms with Crippen molar-refractivity contribution in [3.63, 3.8) is 0 Å². The Labute approximate surface area is 132 Å². The van der Waals surface area contributed by atoms with Gasteiger partial charge >= 0.3 is 0 Å². The van der Waals surface area contributed by atoms with Crippen molar-refractivity contribution in [3.8, 4) is 0 Å². The average Bonchev–Trinajstić information content (AvgIpc) is 3.04. The quantitative estimate of drug-likeness (QED) is 0.934. The molecule has 0 bridgehead atoms. The number of halogens is 1. The molecule has 1 aliphatic rings. The fraction of sp³-hybridized carbons (Fsp3) is 0.267. The first-order valence-corrected chi connectivity index (χ1v) is 7.73. The molecule has 1 N–H and O–H groups in total. The molecule has 0 atom stereocenters. The normalized spacial score (nSPS) is 15.5. The highest BCUT2D eigenvalue weighted by atomic mass is 35.5. The van der Waals surface area contributed by atoms with Crippen LogP contribution in [0.3, 0.4) is 0 Å². The third-order valence-electron chi connectivity index (χ3n) is 3.09. The number of pyridine rings is 1. The van der Waals surface area contributed by atoms with Crippen LogP contribution in [-0.2, 0) is 16.1 Å². The molecule has 4 nitrogen and oxygen atoms in total. The molecule has 1 aromatic heterocycles. The van der Waals surface area contributed by atoms with E-state index < -0.39 is 0 Å². The maximum Gasteiger partial charge on any atom is 0.186 e. The largest absolute Gasteiger partial charge is 0.392 e. The van der Waals surface area contributed by atoms with E-state index in [0.717, 1.165) is 21.0 Å². The third-order valence-corrected chi connectivity index (χ3v) is 4.74. The Balaban J connectivity index is 1.95. The standard InChI is InChI=1S/C15H14ClNO3S/c16-12-5-1-3-10(9-18)13(12)21-14-11(4-2-6-17-14)15-19-7-8-20-15/h1-6,15,18H,7-9H2. The minimum atomic E-state index is -0.388. The molecular formula is C15H14ClNO3S. The van der Waals surface area contributed by atoms with Crippen LogP contribution in [0.1, 0.15) is 17.4 Å². The summed E-state index contributed by atoms with van der Waals surface area (Å²) in [5.41, 5.74) is 1.65. The molecule has 0 amide bonds. The van der Waals surface area contributed by atoms with Crippen LogP contribution < -0.4 is 0 Å². The molecule has 1 aliphatic heterocycles. The lowest BCUT2D eigenvalue weighted by atomic mass is 10.2. The van der Waals surface area contributed by atoms with E-state index in [1.807, 2.05) is 24.3 Å². The molecule has 3 rings (SSSR count). The van der Waals surface area contributed by atoms with Gasteiger partial charge in [0.1, 0.15) is 5.03 Å². The first-order valence-electron chi connectivity index (χ1n) is 6.54. The second-order valence-corrected chi connectivity index (χ2v) is 5.87. The topological polar surface area (TPSA) is 51.6 Å². The summed E-state index contributed by atoms with van der Waals surface area (Å²) in [7, 11) is 0. The molecule has 0 radical (unpaired) electrons. The maximum absolute atomic E-state index is 9.46. The first-order chi connectivity index (χ1) is 10.3. The number of benzene rings is 1. The van der Waals surface area contributed by atoms with E-state index in [0.29, 0.717) is 18.2 Å². The van der Waals surface area contributed by atoms with Gasteiger partial charge in [-0.25, -0.2) is 4.98 Å². The van der Waals surface area contributed by atoms with Gasteiger partial charge in [0, 0.05) is 16.7 Å². The Kier molecular flexibility index (Phi) is 4.77. The summed E-state index contributed by atoms with van der Waals surface area (Å²) >= 11 is 7.66. The van der Waals surface area contributed by atoms with Crippen LogP contribution in [0.2, 0.25) is 5.02 Å². The van der Waals surface area contributed by atoms with E-state index >= 15 is 0 Å². The van der Waals surface area contributed by atoms with E-state index in [-0.39, 0.29) is 12.9 Å². The molecule has 0 unspecified atom stereocenters. The summed E-state index contributed by atoms with van der Waals surface area (Å²) in [5, 5.41) is 10.8. The summed E-state index contributed by atoms with van der Waals surface area (Å²) in [4.78, 5) is 5.20. The van der Waals surface area contributed by atoms with Gasteiger partial charge in [0.15, 0.2) is 6.29 Å². The van der Waals surface area contributed by atoms with E-state index in [1.54, 1.807) is 12.3 Å². The number of nitrogens with zero attached hydrogens (tertiary/aromatic N) is 1. The minimum absolute atomic E-state index is 0.0680. The van der Waals surface area contributed by atoms with Crippen LogP contribution in [0.5, 0.6) is 0 Å². The lowest BCUT2D eigenvalue weighted by Gasteiger charge is -2.15. The zero-order valence-electron chi connectivity index (χ0n) is 11.2.